The molecule has 3 nitrogen and oxygen atoms in total. The summed E-state index contributed by atoms with van der Waals surface area (Å²) in [4.78, 5) is 8.43. The van der Waals surface area contributed by atoms with Gasteiger partial charge in [0.15, 0.2) is 0 Å². The van der Waals surface area contributed by atoms with E-state index in [0.29, 0.717) is 0 Å². The second-order valence-electron chi connectivity index (χ2n) is 4.02. The maximum absolute atomic E-state index is 4.41. The van der Waals surface area contributed by atoms with Gasteiger partial charge in [0, 0.05) is 25.1 Å². The summed E-state index contributed by atoms with van der Waals surface area (Å²) in [5, 5.41) is 0. The lowest BCUT2D eigenvalue weighted by atomic mass is 10.2. The molecule has 0 N–H and O–H groups in total. The van der Waals surface area contributed by atoms with Gasteiger partial charge in [0.2, 0.25) is 0 Å². The van der Waals surface area contributed by atoms with E-state index >= 15 is 0 Å². The van der Waals surface area contributed by atoms with Gasteiger partial charge in [-0.2, -0.15) is 0 Å². The van der Waals surface area contributed by atoms with Gasteiger partial charge in [-0.25, -0.2) is 4.98 Å². The van der Waals surface area contributed by atoms with Crippen molar-refractivity contribution in [1.82, 2.24) is 14.5 Å². The quantitative estimate of drug-likeness (QED) is 0.785. The van der Waals surface area contributed by atoms with Crippen LogP contribution in [0.3, 0.4) is 0 Å². The second kappa shape index (κ2) is 5.99. The zero-order valence-corrected chi connectivity index (χ0v) is 10.1. The van der Waals surface area contributed by atoms with Crippen LogP contribution in [0.4, 0.5) is 0 Å². The van der Waals surface area contributed by atoms with Crippen molar-refractivity contribution in [2.75, 3.05) is 0 Å². The molecule has 0 aromatic carbocycles. The molecule has 17 heavy (non-hydrogen) atoms. The average molecular weight is 227 g/mol. The third kappa shape index (κ3) is 3.55. The van der Waals surface area contributed by atoms with Crippen molar-refractivity contribution in [1.29, 1.82) is 0 Å². The van der Waals surface area contributed by atoms with Crippen LogP contribution in [-0.2, 0) is 6.54 Å². The van der Waals surface area contributed by atoms with Gasteiger partial charge in [-0.05, 0) is 24.1 Å². The molecule has 0 aliphatic carbocycles. The molecular formula is C14H17N3. The predicted octanol–water partition coefficient (Wildman–Crippen LogP) is 3.14. The smallest absolute Gasteiger partial charge is 0.0949 e. The van der Waals surface area contributed by atoms with E-state index in [-0.39, 0.29) is 0 Å². The Labute approximate surface area is 102 Å². The van der Waals surface area contributed by atoms with Crippen molar-refractivity contribution >= 4 is 6.08 Å². The molecule has 0 spiro atoms. The number of hydrogen-bond donors (Lipinski definition) is 0. The standard InChI is InChI=1S/C14H17N3/c1-2-3-4-5-14-7-6-13(10-16-14)11-17-9-8-15-12-17/h4-10,12H,2-3,11H2,1H3/b5-4+. The zero-order chi connectivity index (χ0) is 11.9. The number of hydrogen-bond acceptors (Lipinski definition) is 2. The lowest BCUT2D eigenvalue weighted by molar-refractivity contribution is 0.793. The molecule has 3 heteroatoms. The molecule has 2 aromatic heterocycles. The van der Waals surface area contributed by atoms with Crippen LogP contribution in [0, 0.1) is 0 Å². The highest BCUT2D eigenvalue weighted by atomic mass is 15.0. The number of imidazole rings is 1. The van der Waals surface area contributed by atoms with Crippen molar-refractivity contribution in [2.45, 2.75) is 26.3 Å². The average Bonchev–Trinajstić information content (AvgIpc) is 2.85. The monoisotopic (exact) mass is 227 g/mol. The molecule has 88 valence electrons. The summed E-state index contributed by atoms with van der Waals surface area (Å²) in [7, 11) is 0. The maximum atomic E-state index is 4.41. The number of nitrogens with zero attached hydrogens (tertiary/aromatic N) is 3. The van der Waals surface area contributed by atoms with Crippen LogP contribution < -0.4 is 0 Å². The number of aromatic nitrogens is 3. The molecule has 0 radical (unpaired) electrons. The number of pyridine rings is 1. The normalized spacial score (nSPS) is 11.1. The molecule has 0 aliphatic heterocycles. The summed E-state index contributed by atoms with van der Waals surface area (Å²) in [6, 6.07) is 4.16. The largest absolute Gasteiger partial charge is 0.333 e. The molecule has 0 amide bonds. The number of unbranched alkanes of at least 4 members (excludes halogenated alkanes) is 1. The van der Waals surface area contributed by atoms with Crippen LogP contribution in [0.1, 0.15) is 31.0 Å². The zero-order valence-electron chi connectivity index (χ0n) is 10.1. The first-order chi connectivity index (χ1) is 8.38. The fourth-order valence-electron chi connectivity index (χ4n) is 1.59. The summed E-state index contributed by atoms with van der Waals surface area (Å²) < 4.78 is 2.03. The van der Waals surface area contributed by atoms with Crippen LogP contribution in [0.15, 0.2) is 43.1 Å². The Bertz CT molecular complexity index is 455. The van der Waals surface area contributed by atoms with Crippen molar-refractivity contribution < 1.29 is 0 Å². The Morgan fingerprint density at radius 2 is 2.29 bits per heavy atom. The highest BCUT2D eigenvalue weighted by Gasteiger charge is 1.95. The molecule has 0 atom stereocenters. The lowest BCUT2D eigenvalue weighted by Gasteiger charge is -2.02. The molecule has 0 saturated heterocycles. The second-order valence-corrected chi connectivity index (χ2v) is 4.02. The van der Waals surface area contributed by atoms with E-state index < -0.39 is 0 Å². The third-order valence-corrected chi connectivity index (χ3v) is 2.52. The first-order valence-electron chi connectivity index (χ1n) is 5.95. The molecular weight excluding hydrogens is 210 g/mol. The van der Waals surface area contributed by atoms with Crippen molar-refractivity contribution in [3.8, 4) is 0 Å². The first-order valence-corrected chi connectivity index (χ1v) is 5.95. The molecule has 0 fully saturated rings. The fourth-order valence-corrected chi connectivity index (χ4v) is 1.59. The van der Waals surface area contributed by atoms with Crippen LogP contribution >= 0.6 is 0 Å². The van der Waals surface area contributed by atoms with Crippen LogP contribution in [0.5, 0.6) is 0 Å². The van der Waals surface area contributed by atoms with Gasteiger partial charge < -0.3 is 4.57 Å². The highest BCUT2D eigenvalue weighted by molar-refractivity contribution is 5.44. The highest BCUT2D eigenvalue weighted by Crippen LogP contribution is 2.05. The van der Waals surface area contributed by atoms with Gasteiger partial charge in [0.25, 0.3) is 0 Å². The van der Waals surface area contributed by atoms with Crippen LogP contribution in [0.25, 0.3) is 6.08 Å². The predicted molar refractivity (Wildman–Crippen MR) is 69.5 cm³/mol. The minimum atomic E-state index is 0.825. The SMILES string of the molecule is CCC/C=C/c1ccc(Cn2ccnc2)cn1. The van der Waals surface area contributed by atoms with Gasteiger partial charge in [0.1, 0.15) is 0 Å². The van der Waals surface area contributed by atoms with Crippen LogP contribution in [0.2, 0.25) is 0 Å². The number of rotatable bonds is 5. The van der Waals surface area contributed by atoms with E-state index in [1.807, 2.05) is 23.3 Å². The first kappa shape index (κ1) is 11.6. The Kier molecular flexibility index (Phi) is 4.08. The summed E-state index contributed by atoms with van der Waals surface area (Å²) in [6.07, 6.45) is 14.0. The van der Waals surface area contributed by atoms with Crippen molar-refractivity contribution in [3.63, 3.8) is 0 Å². The topological polar surface area (TPSA) is 30.7 Å². The van der Waals surface area contributed by atoms with E-state index in [2.05, 4.69) is 41.2 Å². The minimum Gasteiger partial charge on any atom is -0.333 e. The minimum absolute atomic E-state index is 0.825. The van der Waals surface area contributed by atoms with E-state index in [4.69, 9.17) is 0 Å². The molecule has 0 saturated carbocycles. The summed E-state index contributed by atoms with van der Waals surface area (Å²) in [6.45, 7) is 3.00. The molecule has 0 unspecified atom stereocenters. The molecule has 0 aliphatic rings. The van der Waals surface area contributed by atoms with Gasteiger partial charge in [-0.1, -0.05) is 25.5 Å². The maximum Gasteiger partial charge on any atom is 0.0949 e. The van der Waals surface area contributed by atoms with Crippen molar-refractivity contribution in [3.05, 3.63) is 54.4 Å². The Morgan fingerprint density at radius 3 is 2.94 bits per heavy atom. The van der Waals surface area contributed by atoms with Gasteiger partial charge in [-0.15, -0.1) is 0 Å². The van der Waals surface area contributed by atoms with Gasteiger partial charge in [-0.3, -0.25) is 4.98 Å². The molecule has 0 bridgehead atoms. The summed E-state index contributed by atoms with van der Waals surface area (Å²) in [5.74, 6) is 0. The van der Waals surface area contributed by atoms with E-state index in [0.717, 1.165) is 18.7 Å². The number of allylic oxidation sites excluding steroid dienone is 1. The summed E-state index contributed by atoms with van der Waals surface area (Å²) >= 11 is 0. The Morgan fingerprint density at radius 1 is 1.35 bits per heavy atom. The fraction of sp³-hybridized carbons (Fsp3) is 0.286. The molecule has 2 heterocycles. The summed E-state index contributed by atoms with van der Waals surface area (Å²) in [5.41, 5.74) is 2.21. The third-order valence-electron chi connectivity index (χ3n) is 2.52. The van der Waals surface area contributed by atoms with Crippen LogP contribution in [-0.4, -0.2) is 14.5 Å². The lowest BCUT2D eigenvalue weighted by Crippen LogP contribution is -1.97. The Balaban J connectivity index is 1.98. The van der Waals surface area contributed by atoms with E-state index in [1.54, 1.807) is 6.20 Å². The van der Waals surface area contributed by atoms with Gasteiger partial charge in [0.05, 0.1) is 12.0 Å². The van der Waals surface area contributed by atoms with Gasteiger partial charge >= 0.3 is 0 Å². The van der Waals surface area contributed by atoms with Crippen molar-refractivity contribution in [2.24, 2.45) is 0 Å². The van der Waals surface area contributed by atoms with E-state index in [9.17, 15) is 0 Å². The molecule has 2 rings (SSSR count). The van der Waals surface area contributed by atoms with E-state index in [1.165, 1.54) is 12.0 Å². The Hall–Kier alpha value is -1.90. The molecule has 2 aromatic rings.